The highest BCUT2D eigenvalue weighted by molar-refractivity contribution is 5.04. The van der Waals surface area contributed by atoms with Crippen LogP contribution < -0.4 is 17.2 Å². The fraction of sp³-hybridized carbons (Fsp3) is 1.00. The number of aliphatic hydroxyl groups excluding tert-OH is 1. The van der Waals surface area contributed by atoms with Crippen molar-refractivity contribution in [3.05, 3.63) is 0 Å². The van der Waals surface area contributed by atoms with Gasteiger partial charge in [0.05, 0.1) is 18.3 Å². The van der Waals surface area contributed by atoms with E-state index in [0.717, 1.165) is 77.6 Å². The van der Waals surface area contributed by atoms with Crippen LogP contribution >= 0.6 is 0 Å². The van der Waals surface area contributed by atoms with Crippen LogP contribution in [0.25, 0.3) is 0 Å². The van der Waals surface area contributed by atoms with Crippen molar-refractivity contribution in [2.45, 2.75) is 123 Å². The molecule has 0 aromatic heterocycles. The maximum absolute atomic E-state index is 9.52. The molecule has 3 rings (SSSR count). The Morgan fingerprint density at radius 1 is 0.825 bits per heavy atom. The van der Waals surface area contributed by atoms with E-state index < -0.39 is 0 Å². The monoisotopic (exact) mass is 567 g/mol. The van der Waals surface area contributed by atoms with Crippen molar-refractivity contribution >= 4 is 0 Å². The van der Waals surface area contributed by atoms with E-state index in [1.165, 1.54) is 25.7 Å². The molecule has 0 saturated heterocycles. The van der Waals surface area contributed by atoms with Gasteiger partial charge >= 0.3 is 0 Å². The van der Waals surface area contributed by atoms with Crippen molar-refractivity contribution in [1.29, 1.82) is 0 Å². The second-order valence-electron chi connectivity index (χ2n) is 13.8. The van der Waals surface area contributed by atoms with Crippen molar-refractivity contribution in [3.8, 4) is 0 Å². The van der Waals surface area contributed by atoms with Crippen LogP contribution in [0.1, 0.15) is 104 Å². The van der Waals surface area contributed by atoms with Crippen LogP contribution in [0.15, 0.2) is 0 Å². The van der Waals surface area contributed by atoms with Gasteiger partial charge in [-0.05, 0) is 138 Å². The summed E-state index contributed by atoms with van der Waals surface area (Å²) in [5.41, 5.74) is 17.8. The Balaban J connectivity index is 1.89. The van der Waals surface area contributed by atoms with Gasteiger partial charge in [0.25, 0.3) is 0 Å². The van der Waals surface area contributed by atoms with Gasteiger partial charge in [0.1, 0.15) is 0 Å². The van der Waals surface area contributed by atoms with Gasteiger partial charge in [0.2, 0.25) is 0 Å². The lowest BCUT2D eigenvalue weighted by atomic mass is 9.50. The van der Waals surface area contributed by atoms with Crippen LogP contribution in [-0.2, 0) is 14.2 Å². The third-order valence-corrected chi connectivity index (χ3v) is 11.3. The molecule has 7 N–H and O–H groups in total. The van der Waals surface area contributed by atoms with E-state index in [9.17, 15) is 5.11 Å². The number of rotatable bonds is 16. The van der Waals surface area contributed by atoms with Gasteiger partial charge in [-0.25, -0.2) is 0 Å². The minimum atomic E-state index is 0.234. The number of hydrogen-bond acceptors (Lipinski definition) is 7. The summed E-state index contributed by atoms with van der Waals surface area (Å²) in [5.74, 6) is 3.43. The molecule has 3 aliphatic carbocycles. The molecule has 0 amide bonds. The number of nitrogens with two attached hydrogens (primary N) is 3. The molecule has 0 aliphatic heterocycles. The first kappa shape index (κ1) is 34.2. The quantitative estimate of drug-likeness (QED) is 0.196. The number of aliphatic hydroxyl groups is 1. The summed E-state index contributed by atoms with van der Waals surface area (Å²) < 4.78 is 19.8. The van der Waals surface area contributed by atoms with Crippen molar-refractivity contribution in [3.63, 3.8) is 0 Å². The number of fused-ring (bicyclic) bond motifs is 3. The average Bonchev–Trinajstić information content (AvgIpc) is 3.01. The molecule has 3 saturated carbocycles. The minimum Gasteiger partial charge on any atom is -0.396 e. The largest absolute Gasteiger partial charge is 0.396 e. The minimum absolute atomic E-state index is 0.234. The second-order valence-corrected chi connectivity index (χ2v) is 13.8. The smallest absolute Gasteiger partial charge is 0.0609 e. The van der Waals surface area contributed by atoms with Gasteiger partial charge in [0.15, 0.2) is 0 Å². The van der Waals surface area contributed by atoms with E-state index in [-0.39, 0.29) is 18.1 Å². The zero-order valence-corrected chi connectivity index (χ0v) is 26.2. The molecule has 0 aromatic carbocycles. The van der Waals surface area contributed by atoms with Gasteiger partial charge in [0, 0.05) is 26.4 Å². The highest BCUT2D eigenvalue weighted by atomic mass is 16.5. The number of ether oxygens (including phenoxy) is 3. The molecule has 0 heterocycles. The van der Waals surface area contributed by atoms with Crippen molar-refractivity contribution in [1.82, 2.24) is 0 Å². The lowest BCUT2D eigenvalue weighted by Gasteiger charge is -2.58. The van der Waals surface area contributed by atoms with E-state index in [2.05, 4.69) is 20.8 Å². The Morgan fingerprint density at radius 3 is 2.12 bits per heavy atom. The molecule has 236 valence electrons. The molecular formula is C33H65N3O4. The molecule has 10 unspecified atom stereocenters. The van der Waals surface area contributed by atoms with Crippen molar-refractivity contribution in [2.75, 3.05) is 46.1 Å². The topological polar surface area (TPSA) is 126 Å². The van der Waals surface area contributed by atoms with Crippen LogP contribution in [0.2, 0.25) is 0 Å². The molecular weight excluding hydrogens is 502 g/mol. The third-order valence-electron chi connectivity index (χ3n) is 11.3. The van der Waals surface area contributed by atoms with Gasteiger partial charge in [-0.3, -0.25) is 0 Å². The predicted molar refractivity (Wildman–Crippen MR) is 164 cm³/mol. The summed E-state index contributed by atoms with van der Waals surface area (Å²) in [6, 6.07) is 0. The Bertz CT molecular complexity index is 684. The predicted octanol–water partition coefficient (Wildman–Crippen LogP) is 4.87. The van der Waals surface area contributed by atoms with Gasteiger partial charge < -0.3 is 36.5 Å². The Kier molecular flexibility index (Phi) is 15.2. The van der Waals surface area contributed by atoms with E-state index >= 15 is 0 Å². The van der Waals surface area contributed by atoms with E-state index in [1.54, 1.807) is 0 Å². The van der Waals surface area contributed by atoms with Crippen molar-refractivity contribution < 1.29 is 19.3 Å². The van der Waals surface area contributed by atoms with Gasteiger partial charge in [-0.2, -0.15) is 0 Å². The van der Waals surface area contributed by atoms with Crippen molar-refractivity contribution in [2.24, 2.45) is 58.1 Å². The molecule has 40 heavy (non-hydrogen) atoms. The lowest BCUT2D eigenvalue weighted by Crippen LogP contribution is -2.54. The standard InChI is InChI=1S/C33H65N3O4/c1-24(9-5-17-37)28-10-4-11-29-30(23-31(25(28)2)39-19-7-15-35)33(3)13-12-27(38-18-6-14-34)21-26(33)22-32(29)40-20-8-16-36/h24-32,37H,4-23,34-36H2,1-3H3. The summed E-state index contributed by atoms with van der Waals surface area (Å²) in [6.07, 6.45) is 15.1. The molecule has 10 atom stereocenters. The highest BCUT2D eigenvalue weighted by Crippen LogP contribution is 2.59. The summed E-state index contributed by atoms with van der Waals surface area (Å²) in [6.45, 7) is 12.1. The fourth-order valence-corrected chi connectivity index (χ4v) is 8.82. The van der Waals surface area contributed by atoms with E-state index in [0.29, 0.717) is 67.3 Å². The van der Waals surface area contributed by atoms with Gasteiger partial charge in [-0.1, -0.05) is 27.2 Å². The SMILES string of the molecule is CC(CCCO)C1CCCC2C(OCCCN)CC3CC(OCCCN)CCC3(C)C2CC(OCCCN)C1C. The summed E-state index contributed by atoms with van der Waals surface area (Å²) in [5, 5.41) is 9.52. The molecule has 0 radical (unpaired) electrons. The van der Waals surface area contributed by atoms with Crippen LogP contribution in [-0.4, -0.2) is 69.5 Å². The molecule has 0 bridgehead atoms. The van der Waals surface area contributed by atoms with Crippen LogP contribution in [0.4, 0.5) is 0 Å². The maximum atomic E-state index is 9.52. The molecule has 7 nitrogen and oxygen atoms in total. The van der Waals surface area contributed by atoms with Crippen LogP contribution in [0.5, 0.6) is 0 Å². The molecule has 0 aromatic rings. The molecule has 3 aliphatic rings. The zero-order chi connectivity index (χ0) is 29.0. The summed E-state index contributed by atoms with van der Waals surface area (Å²) in [7, 11) is 0. The van der Waals surface area contributed by atoms with E-state index in [1.807, 2.05) is 0 Å². The molecule has 7 heteroatoms. The van der Waals surface area contributed by atoms with E-state index in [4.69, 9.17) is 31.4 Å². The van der Waals surface area contributed by atoms with Crippen LogP contribution in [0.3, 0.4) is 0 Å². The average molecular weight is 568 g/mol. The Labute approximate surface area is 246 Å². The summed E-state index contributed by atoms with van der Waals surface area (Å²) in [4.78, 5) is 0. The lowest BCUT2D eigenvalue weighted by molar-refractivity contribution is -0.161. The number of hydrogen-bond donors (Lipinski definition) is 4. The zero-order valence-electron chi connectivity index (χ0n) is 26.2. The summed E-state index contributed by atoms with van der Waals surface area (Å²) >= 11 is 0. The first-order valence-corrected chi connectivity index (χ1v) is 16.9. The first-order chi connectivity index (χ1) is 19.4. The normalized spacial score (nSPS) is 37.6. The molecule has 3 fully saturated rings. The Hall–Kier alpha value is -0.280. The maximum Gasteiger partial charge on any atom is 0.0609 e. The van der Waals surface area contributed by atoms with Gasteiger partial charge in [-0.15, -0.1) is 0 Å². The Morgan fingerprint density at radius 2 is 1.48 bits per heavy atom. The third kappa shape index (κ3) is 9.11. The first-order valence-electron chi connectivity index (χ1n) is 16.9. The highest BCUT2D eigenvalue weighted by Gasteiger charge is 2.55. The van der Waals surface area contributed by atoms with Crippen LogP contribution in [0, 0.1) is 40.9 Å². The molecule has 0 spiro atoms. The second kappa shape index (κ2) is 17.7. The fourth-order valence-electron chi connectivity index (χ4n) is 8.82.